The molecule has 1 aliphatic carbocycles. The van der Waals surface area contributed by atoms with E-state index in [9.17, 15) is 0 Å². The van der Waals surface area contributed by atoms with Crippen LogP contribution in [0.15, 0.2) is 29.3 Å². The maximum absolute atomic E-state index is 5.20. The molecule has 24 heavy (non-hydrogen) atoms. The highest BCUT2D eigenvalue weighted by molar-refractivity contribution is 5.80. The van der Waals surface area contributed by atoms with Crippen molar-refractivity contribution in [1.82, 2.24) is 10.2 Å². The minimum Gasteiger partial charge on any atom is -0.497 e. The van der Waals surface area contributed by atoms with Crippen LogP contribution in [0.2, 0.25) is 0 Å². The van der Waals surface area contributed by atoms with E-state index in [1.54, 1.807) is 7.11 Å². The first-order valence-corrected chi connectivity index (χ1v) is 9.33. The number of unbranched alkanes of at least 4 members (excludes halogenated alkanes) is 1. The first kappa shape index (κ1) is 17.1. The van der Waals surface area contributed by atoms with Gasteiger partial charge in [0.1, 0.15) is 5.75 Å². The molecule has 1 saturated heterocycles. The predicted octanol–water partition coefficient (Wildman–Crippen LogP) is 3.47. The van der Waals surface area contributed by atoms with Crippen molar-refractivity contribution >= 4 is 5.96 Å². The molecule has 0 atom stereocenters. The average molecular weight is 329 g/mol. The standard InChI is InChI=1S/C20H31N3O/c1-21-19(23-15-13-20(16-23)11-5-12-20)22-14-4-3-6-17-7-9-18(24-2)10-8-17/h7-10H,3-6,11-16H2,1-2H3,(H,21,22). The van der Waals surface area contributed by atoms with Gasteiger partial charge in [0.25, 0.3) is 0 Å². The Hall–Kier alpha value is -1.71. The van der Waals surface area contributed by atoms with Crippen LogP contribution in [0.1, 0.15) is 44.1 Å². The molecule has 0 bridgehead atoms. The Kier molecular flexibility index (Phi) is 5.64. The summed E-state index contributed by atoms with van der Waals surface area (Å²) in [5.74, 6) is 2.03. The zero-order valence-electron chi connectivity index (χ0n) is 15.2. The zero-order chi connectivity index (χ0) is 16.8. The highest BCUT2D eigenvalue weighted by Crippen LogP contribution is 2.47. The van der Waals surface area contributed by atoms with Crippen LogP contribution in [0, 0.1) is 5.41 Å². The van der Waals surface area contributed by atoms with Gasteiger partial charge >= 0.3 is 0 Å². The molecular formula is C20H31N3O. The van der Waals surface area contributed by atoms with Gasteiger partial charge in [0, 0.05) is 26.7 Å². The third-order valence-corrected chi connectivity index (χ3v) is 5.70. The topological polar surface area (TPSA) is 36.9 Å². The molecule has 1 saturated carbocycles. The second-order valence-corrected chi connectivity index (χ2v) is 7.30. The van der Waals surface area contributed by atoms with Crippen molar-refractivity contribution in [2.45, 2.75) is 44.9 Å². The van der Waals surface area contributed by atoms with Crippen molar-refractivity contribution in [2.24, 2.45) is 10.4 Å². The third kappa shape index (κ3) is 4.03. The van der Waals surface area contributed by atoms with Crippen LogP contribution >= 0.6 is 0 Å². The molecule has 3 rings (SSSR count). The lowest BCUT2D eigenvalue weighted by molar-refractivity contribution is 0.151. The van der Waals surface area contributed by atoms with Crippen LogP contribution in [0.3, 0.4) is 0 Å². The van der Waals surface area contributed by atoms with Gasteiger partial charge in [-0.1, -0.05) is 18.6 Å². The van der Waals surface area contributed by atoms with E-state index in [0.717, 1.165) is 24.7 Å². The molecule has 1 N–H and O–H groups in total. The number of likely N-dealkylation sites (tertiary alicyclic amines) is 1. The van der Waals surface area contributed by atoms with Crippen molar-refractivity contribution in [3.63, 3.8) is 0 Å². The van der Waals surface area contributed by atoms with Gasteiger partial charge < -0.3 is 15.0 Å². The Balaban J connectivity index is 1.34. The molecule has 1 aromatic rings. The normalized spacial score (nSPS) is 19.4. The number of guanidine groups is 1. The number of nitrogens with one attached hydrogen (secondary N) is 1. The molecule has 132 valence electrons. The number of methoxy groups -OCH3 is 1. The van der Waals surface area contributed by atoms with E-state index < -0.39 is 0 Å². The van der Waals surface area contributed by atoms with Gasteiger partial charge in [-0.15, -0.1) is 0 Å². The summed E-state index contributed by atoms with van der Waals surface area (Å²) >= 11 is 0. The number of rotatable bonds is 6. The summed E-state index contributed by atoms with van der Waals surface area (Å²) in [6.07, 6.45) is 9.10. The van der Waals surface area contributed by atoms with Crippen LogP contribution in [0.25, 0.3) is 0 Å². The van der Waals surface area contributed by atoms with Crippen LogP contribution in [0.4, 0.5) is 0 Å². The van der Waals surface area contributed by atoms with Gasteiger partial charge in [-0.2, -0.15) is 0 Å². The quantitative estimate of drug-likeness (QED) is 0.493. The Bertz CT molecular complexity index is 549. The fourth-order valence-electron chi connectivity index (χ4n) is 3.98. The highest BCUT2D eigenvalue weighted by atomic mass is 16.5. The fraction of sp³-hybridized carbons (Fsp3) is 0.650. The van der Waals surface area contributed by atoms with Crippen molar-refractivity contribution in [3.8, 4) is 5.75 Å². The summed E-state index contributed by atoms with van der Waals surface area (Å²) in [6.45, 7) is 3.39. The number of hydrogen-bond donors (Lipinski definition) is 1. The maximum Gasteiger partial charge on any atom is 0.193 e. The summed E-state index contributed by atoms with van der Waals surface area (Å²) in [6, 6.07) is 8.40. The Labute approximate surface area is 146 Å². The summed E-state index contributed by atoms with van der Waals surface area (Å²) in [7, 11) is 3.62. The molecule has 2 aliphatic rings. The lowest BCUT2D eigenvalue weighted by atomic mass is 9.68. The highest BCUT2D eigenvalue weighted by Gasteiger charge is 2.43. The lowest BCUT2D eigenvalue weighted by Crippen LogP contribution is -2.42. The lowest BCUT2D eigenvalue weighted by Gasteiger charge is -2.38. The number of aryl methyl sites for hydroxylation is 1. The van der Waals surface area contributed by atoms with E-state index in [-0.39, 0.29) is 0 Å². The van der Waals surface area contributed by atoms with Gasteiger partial charge in [0.05, 0.1) is 7.11 Å². The molecule has 1 aliphatic heterocycles. The number of ether oxygens (including phenoxy) is 1. The second kappa shape index (κ2) is 7.91. The molecule has 2 fully saturated rings. The van der Waals surface area contributed by atoms with E-state index in [1.807, 2.05) is 19.2 Å². The van der Waals surface area contributed by atoms with Gasteiger partial charge in [0.2, 0.25) is 0 Å². The van der Waals surface area contributed by atoms with Crippen LogP contribution in [0.5, 0.6) is 5.75 Å². The first-order valence-electron chi connectivity index (χ1n) is 9.33. The van der Waals surface area contributed by atoms with E-state index >= 15 is 0 Å². The SMILES string of the molecule is CN=C(NCCCCc1ccc(OC)cc1)N1CCC2(CCC2)C1. The summed E-state index contributed by atoms with van der Waals surface area (Å²) in [5.41, 5.74) is 2.01. The van der Waals surface area contributed by atoms with Crippen molar-refractivity contribution < 1.29 is 4.74 Å². The molecule has 4 nitrogen and oxygen atoms in total. The third-order valence-electron chi connectivity index (χ3n) is 5.70. The minimum absolute atomic E-state index is 0.631. The van der Waals surface area contributed by atoms with Gasteiger partial charge in [-0.25, -0.2) is 0 Å². The van der Waals surface area contributed by atoms with Crippen molar-refractivity contribution in [1.29, 1.82) is 0 Å². The van der Waals surface area contributed by atoms with E-state index in [2.05, 4.69) is 27.3 Å². The molecule has 0 unspecified atom stereocenters. The molecule has 0 amide bonds. The molecule has 4 heteroatoms. The van der Waals surface area contributed by atoms with Crippen LogP contribution in [-0.2, 0) is 6.42 Å². The van der Waals surface area contributed by atoms with E-state index in [0.29, 0.717) is 5.41 Å². The largest absolute Gasteiger partial charge is 0.497 e. The van der Waals surface area contributed by atoms with E-state index in [4.69, 9.17) is 4.74 Å². The molecule has 0 aromatic heterocycles. The Morgan fingerprint density at radius 2 is 2.00 bits per heavy atom. The number of nitrogens with zero attached hydrogens (tertiary/aromatic N) is 2. The maximum atomic E-state index is 5.20. The predicted molar refractivity (Wildman–Crippen MR) is 99.8 cm³/mol. The summed E-state index contributed by atoms with van der Waals surface area (Å²) in [5, 5.41) is 3.56. The molecular weight excluding hydrogens is 298 g/mol. The van der Waals surface area contributed by atoms with E-state index in [1.165, 1.54) is 57.2 Å². The Morgan fingerprint density at radius 3 is 2.58 bits per heavy atom. The zero-order valence-corrected chi connectivity index (χ0v) is 15.2. The molecule has 1 aromatic carbocycles. The average Bonchev–Trinajstić information content (AvgIpc) is 3.04. The monoisotopic (exact) mass is 329 g/mol. The smallest absolute Gasteiger partial charge is 0.193 e. The van der Waals surface area contributed by atoms with Crippen LogP contribution < -0.4 is 10.1 Å². The summed E-state index contributed by atoms with van der Waals surface area (Å²) in [4.78, 5) is 6.95. The molecule has 1 heterocycles. The molecule has 0 radical (unpaired) electrons. The molecule has 1 spiro atoms. The van der Waals surface area contributed by atoms with Crippen LogP contribution in [-0.4, -0.2) is 44.7 Å². The first-order chi connectivity index (χ1) is 11.7. The summed E-state index contributed by atoms with van der Waals surface area (Å²) < 4.78 is 5.20. The van der Waals surface area contributed by atoms with Gasteiger partial charge in [0.15, 0.2) is 5.96 Å². The van der Waals surface area contributed by atoms with Crippen molar-refractivity contribution in [2.75, 3.05) is 33.8 Å². The fourth-order valence-corrected chi connectivity index (χ4v) is 3.98. The number of hydrogen-bond acceptors (Lipinski definition) is 2. The van der Waals surface area contributed by atoms with Gasteiger partial charge in [-0.05, 0) is 61.6 Å². The minimum atomic E-state index is 0.631. The Morgan fingerprint density at radius 1 is 1.21 bits per heavy atom. The second-order valence-electron chi connectivity index (χ2n) is 7.30. The number of benzene rings is 1. The van der Waals surface area contributed by atoms with Crippen molar-refractivity contribution in [3.05, 3.63) is 29.8 Å². The number of aliphatic imine (C=N–C) groups is 1. The van der Waals surface area contributed by atoms with Gasteiger partial charge in [-0.3, -0.25) is 4.99 Å².